The summed E-state index contributed by atoms with van der Waals surface area (Å²) in [6.07, 6.45) is 0.488. The highest BCUT2D eigenvalue weighted by Gasteiger charge is 2.41. The molecular formula is C17H15N2O4S2-. The third kappa shape index (κ3) is 3.07. The van der Waals surface area contributed by atoms with Crippen LogP contribution in [0.2, 0.25) is 0 Å². The van der Waals surface area contributed by atoms with Gasteiger partial charge in [0.25, 0.3) is 11.8 Å². The number of thiocarbonyl (C=S) groups is 1. The summed E-state index contributed by atoms with van der Waals surface area (Å²) in [6.45, 7) is 2.48. The quantitative estimate of drug-likeness (QED) is 0.567. The van der Waals surface area contributed by atoms with Crippen LogP contribution in [0.25, 0.3) is 5.57 Å². The predicted molar refractivity (Wildman–Crippen MR) is 97.5 cm³/mol. The molecule has 2 aliphatic heterocycles. The van der Waals surface area contributed by atoms with E-state index in [0.29, 0.717) is 17.7 Å². The van der Waals surface area contributed by atoms with Crippen molar-refractivity contribution in [1.29, 1.82) is 0 Å². The molecule has 0 N–H and O–H groups in total. The lowest BCUT2D eigenvalue weighted by molar-refractivity contribution is -0.305. The van der Waals surface area contributed by atoms with E-state index in [-0.39, 0.29) is 28.1 Å². The molecule has 1 aromatic rings. The highest BCUT2D eigenvalue weighted by atomic mass is 32.2. The number of carbonyl (C=O) groups is 3. The number of hydrogen-bond acceptors (Lipinski definition) is 6. The van der Waals surface area contributed by atoms with Gasteiger partial charge in [-0.15, -0.1) is 0 Å². The van der Waals surface area contributed by atoms with Gasteiger partial charge >= 0.3 is 0 Å². The summed E-state index contributed by atoms with van der Waals surface area (Å²) in [7, 11) is 0. The van der Waals surface area contributed by atoms with Crippen LogP contribution < -0.4 is 10.0 Å². The highest BCUT2D eigenvalue weighted by Crippen LogP contribution is 2.44. The molecule has 0 bridgehead atoms. The van der Waals surface area contributed by atoms with Gasteiger partial charge in [0, 0.05) is 31.0 Å². The summed E-state index contributed by atoms with van der Waals surface area (Å²) >= 11 is 6.24. The lowest BCUT2D eigenvalue weighted by atomic mass is 10.1. The fourth-order valence-corrected chi connectivity index (χ4v) is 4.27. The van der Waals surface area contributed by atoms with Crippen molar-refractivity contribution in [3.05, 3.63) is 34.7 Å². The first-order chi connectivity index (χ1) is 12.0. The Labute approximate surface area is 154 Å². The van der Waals surface area contributed by atoms with E-state index in [1.54, 1.807) is 4.90 Å². The average Bonchev–Trinajstić information content (AvgIpc) is 3.00. The second kappa shape index (κ2) is 6.97. The third-order valence-electron chi connectivity index (χ3n) is 3.99. The van der Waals surface area contributed by atoms with Crippen molar-refractivity contribution >= 4 is 57.3 Å². The Morgan fingerprint density at radius 3 is 2.56 bits per heavy atom. The van der Waals surface area contributed by atoms with Gasteiger partial charge in [0.15, 0.2) is 0 Å². The van der Waals surface area contributed by atoms with Crippen LogP contribution in [-0.4, -0.2) is 40.1 Å². The molecule has 1 saturated heterocycles. The molecule has 1 fully saturated rings. The highest BCUT2D eigenvalue weighted by molar-refractivity contribution is 8.26. The summed E-state index contributed by atoms with van der Waals surface area (Å²) in [5, 5.41) is 10.7. The maximum atomic E-state index is 12.9. The number of fused-ring (bicyclic) bond motifs is 1. The Kier molecular flexibility index (Phi) is 4.91. The minimum absolute atomic E-state index is 0.0573. The first-order valence-corrected chi connectivity index (χ1v) is 9.07. The minimum atomic E-state index is -1.25. The van der Waals surface area contributed by atoms with E-state index in [1.165, 1.54) is 4.90 Å². The van der Waals surface area contributed by atoms with Crippen molar-refractivity contribution in [3.8, 4) is 0 Å². The molecule has 6 nitrogen and oxygen atoms in total. The van der Waals surface area contributed by atoms with Crippen molar-refractivity contribution < 1.29 is 19.5 Å². The number of carbonyl (C=O) groups excluding carboxylic acids is 3. The number of thioether (sulfide) groups is 1. The zero-order valence-electron chi connectivity index (χ0n) is 13.5. The molecule has 2 heterocycles. The van der Waals surface area contributed by atoms with Crippen molar-refractivity contribution in [1.82, 2.24) is 4.90 Å². The van der Waals surface area contributed by atoms with E-state index >= 15 is 0 Å². The topological polar surface area (TPSA) is 80.8 Å². The molecule has 0 aliphatic carbocycles. The third-order valence-corrected chi connectivity index (χ3v) is 5.43. The van der Waals surface area contributed by atoms with Crippen LogP contribution in [0, 0.1) is 0 Å². The van der Waals surface area contributed by atoms with Crippen LogP contribution in [0.15, 0.2) is 29.2 Å². The SMILES string of the molecule is CCCN1C(=O)/C(=C2\SC(=S)N(CCC(=O)[O-])C2=O)c2ccccc21. The maximum Gasteiger partial charge on any atom is 0.267 e. The van der Waals surface area contributed by atoms with Crippen molar-refractivity contribution in [2.45, 2.75) is 19.8 Å². The molecule has 25 heavy (non-hydrogen) atoms. The van der Waals surface area contributed by atoms with E-state index in [2.05, 4.69) is 0 Å². The fourth-order valence-electron chi connectivity index (χ4n) is 2.89. The van der Waals surface area contributed by atoms with E-state index in [0.717, 1.165) is 23.9 Å². The first kappa shape index (κ1) is 17.6. The smallest absolute Gasteiger partial charge is 0.267 e. The summed E-state index contributed by atoms with van der Waals surface area (Å²) in [5.74, 6) is -1.89. The molecule has 2 amide bonds. The van der Waals surface area contributed by atoms with Crippen molar-refractivity contribution in [2.24, 2.45) is 0 Å². The van der Waals surface area contributed by atoms with Crippen LogP contribution in [0.1, 0.15) is 25.3 Å². The minimum Gasteiger partial charge on any atom is -0.550 e. The van der Waals surface area contributed by atoms with E-state index in [1.807, 2.05) is 31.2 Å². The lowest BCUT2D eigenvalue weighted by Crippen LogP contribution is -2.34. The number of hydrogen-bond donors (Lipinski definition) is 0. The molecule has 0 saturated carbocycles. The van der Waals surface area contributed by atoms with Gasteiger partial charge in [0.05, 0.1) is 16.2 Å². The maximum absolute atomic E-state index is 12.9. The van der Waals surface area contributed by atoms with Gasteiger partial charge in [-0.25, -0.2) is 0 Å². The molecule has 130 valence electrons. The van der Waals surface area contributed by atoms with Crippen LogP contribution >= 0.6 is 24.0 Å². The zero-order chi connectivity index (χ0) is 18.1. The zero-order valence-corrected chi connectivity index (χ0v) is 15.1. The van der Waals surface area contributed by atoms with Gasteiger partial charge in [-0.1, -0.05) is 49.1 Å². The molecule has 2 aliphatic rings. The number of aliphatic carboxylic acids is 1. The lowest BCUT2D eigenvalue weighted by Gasteiger charge is -2.15. The largest absolute Gasteiger partial charge is 0.550 e. The van der Waals surface area contributed by atoms with Crippen LogP contribution in [0.4, 0.5) is 5.69 Å². The van der Waals surface area contributed by atoms with Crippen LogP contribution in [-0.2, 0) is 14.4 Å². The summed E-state index contributed by atoms with van der Waals surface area (Å²) in [5.41, 5.74) is 1.84. The molecule has 0 aromatic heterocycles. The van der Waals surface area contributed by atoms with Gasteiger partial charge in [-0.2, -0.15) is 0 Å². The number of anilines is 1. The fraction of sp³-hybridized carbons (Fsp3) is 0.294. The van der Waals surface area contributed by atoms with Gasteiger partial charge in [0.2, 0.25) is 0 Å². The second-order valence-corrected chi connectivity index (χ2v) is 7.27. The molecule has 0 atom stereocenters. The Balaban J connectivity index is 2.02. The number of amides is 2. The molecule has 3 rings (SSSR count). The van der Waals surface area contributed by atoms with Crippen molar-refractivity contribution in [3.63, 3.8) is 0 Å². The van der Waals surface area contributed by atoms with E-state index < -0.39 is 11.9 Å². The number of carboxylic acid groups (broad SMARTS) is 1. The molecule has 0 spiro atoms. The van der Waals surface area contributed by atoms with Crippen LogP contribution in [0.5, 0.6) is 0 Å². The Morgan fingerprint density at radius 1 is 1.16 bits per heavy atom. The monoisotopic (exact) mass is 375 g/mol. The molecule has 8 heteroatoms. The standard InChI is InChI=1S/C17H16N2O4S2/c1-2-8-18-11-6-4-3-5-10(11)13(15(18)22)14-16(23)19(17(24)25-14)9-7-12(20)21/h3-6H,2,7-9H2,1H3,(H,20,21)/p-1/b14-13-. The summed E-state index contributed by atoms with van der Waals surface area (Å²) < 4.78 is 0.257. The second-order valence-electron chi connectivity index (χ2n) is 5.62. The summed E-state index contributed by atoms with van der Waals surface area (Å²) in [6, 6.07) is 7.33. The summed E-state index contributed by atoms with van der Waals surface area (Å²) in [4.78, 5) is 39.4. The number of benzene rings is 1. The molecular weight excluding hydrogens is 360 g/mol. The number of nitrogens with zero attached hydrogens (tertiary/aromatic N) is 2. The van der Waals surface area contributed by atoms with Gasteiger partial charge in [0.1, 0.15) is 4.32 Å². The van der Waals surface area contributed by atoms with Crippen LogP contribution in [0.3, 0.4) is 0 Å². The Hall–Kier alpha value is -2.19. The average molecular weight is 375 g/mol. The van der Waals surface area contributed by atoms with E-state index in [9.17, 15) is 19.5 Å². The van der Waals surface area contributed by atoms with Gasteiger partial charge in [-0.3, -0.25) is 14.5 Å². The number of carboxylic acids is 1. The Morgan fingerprint density at radius 2 is 1.88 bits per heavy atom. The Bertz CT molecular complexity index is 819. The van der Waals surface area contributed by atoms with E-state index in [4.69, 9.17) is 12.2 Å². The number of rotatable bonds is 5. The first-order valence-electron chi connectivity index (χ1n) is 7.84. The molecule has 0 unspecified atom stereocenters. The van der Waals surface area contributed by atoms with Gasteiger partial charge in [-0.05, 0) is 12.5 Å². The van der Waals surface area contributed by atoms with Gasteiger partial charge < -0.3 is 14.8 Å². The molecule has 0 radical (unpaired) electrons. The predicted octanol–water partition coefficient (Wildman–Crippen LogP) is 1.15. The normalized spacial score (nSPS) is 19.8. The number of para-hydroxylation sites is 1. The molecule has 1 aromatic carbocycles. The van der Waals surface area contributed by atoms with Crippen molar-refractivity contribution in [2.75, 3.05) is 18.0 Å².